The SMILES string of the molecule is NC1CCC(CC2CCCCC2)CC1.O=S(=O)(O)O. The van der Waals surface area contributed by atoms with E-state index < -0.39 is 10.4 Å². The highest BCUT2D eigenvalue weighted by atomic mass is 32.3. The second kappa shape index (κ2) is 8.19. The van der Waals surface area contributed by atoms with Gasteiger partial charge in [0.25, 0.3) is 0 Å². The summed E-state index contributed by atoms with van der Waals surface area (Å²) in [5, 5.41) is 0. The second-order valence-corrected chi connectivity index (χ2v) is 6.86. The molecule has 0 heterocycles. The van der Waals surface area contributed by atoms with E-state index in [4.69, 9.17) is 23.3 Å². The lowest BCUT2D eigenvalue weighted by molar-refractivity contribution is 0.234. The van der Waals surface area contributed by atoms with E-state index in [1.165, 1.54) is 64.2 Å². The molecule has 19 heavy (non-hydrogen) atoms. The van der Waals surface area contributed by atoms with Crippen LogP contribution in [0.25, 0.3) is 0 Å². The lowest BCUT2D eigenvalue weighted by atomic mass is 9.77. The topological polar surface area (TPSA) is 101 Å². The molecular formula is C13H27NO4S. The quantitative estimate of drug-likeness (QED) is 0.680. The van der Waals surface area contributed by atoms with Crippen LogP contribution >= 0.6 is 0 Å². The van der Waals surface area contributed by atoms with Crippen molar-refractivity contribution in [2.24, 2.45) is 17.6 Å². The molecule has 0 bridgehead atoms. The third-order valence-electron chi connectivity index (χ3n) is 4.28. The van der Waals surface area contributed by atoms with E-state index in [0.717, 1.165) is 11.8 Å². The Morgan fingerprint density at radius 2 is 1.26 bits per heavy atom. The maximum atomic E-state index is 8.74. The summed E-state index contributed by atoms with van der Waals surface area (Å²) in [4.78, 5) is 0. The van der Waals surface area contributed by atoms with Crippen molar-refractivity contribution < 1.29 is 17.5 Å². The third-order valence-corrected chi connectivity index (χ3v) is 4.28. The van der Waals surface area contributed by atoms with E-state index in [9.17, 15) is 0 Å². The van der Waals surface area contributed by atoms with Gasteiger partial charge in [0, 0.05) is 6.04 Å². The van der Waals surface area contributed by atoms with E-state index in [1.54, 1.807) is 0 Å². The Bertz CT molecular complexity index is 323. The van der Waals surface area contributed by atoms with Gasteiger partial charge in [-0.05, 0) is 43.9 Å². The highest BCUT2D eigenvalue weighted by Gasteiger charge is 2.22. The van der Waals surface area contributed by atoms with Crippen molar-refractivity contribution >= 4 is 10.4 Å². The molecule has 0 saturated heterocycles. The van der Waals surface area contributed by atoms with Gasteiger partial charge in [-0.2, -0.15) is 8.42 Å². The van der Waals surface area contributed by atoms with Gasteiger partial charge in [-0.1, -0.05) is 32.1 Å². The summed E-state index contributed by atoms with van der Waals surface area (Å²) in [5.41, 5.74) is 5.93. The van der Waals surface area contributed by atoms with Crippen LogP contribution in [0.15, 0.2) is 0 Å². The monoisotopic (exact) mass is 293 g/mol. The van der Waals surface area contributed by atoms with Crippen LogP contribution in [0.3, 0.4) is 0 Å². The Kier molecular flexibility index (Phi) is 7.28. The Labute approximate surface area is 116 Å². The molecular weight excluding hydrogens is 266 g/mol. The fourth-order valence-electron chi connectivity index (χ4n) is 3.32. The molecule has 0 aromatic heterocycles. The average Bonchev–Trinajstić information content (AvgIpc) is 2.31. The lowest BCUT2D eigenvalue weighted by Crippen LogP contribution is -2.27. The Morgan fingerprint density at radius 1 is 0.842 bits per heavy atom. The maximum absolute atomic E-state index is 8.74. The molecule has 0 aliphatic heterocycles. The van der Waals surface area contributed by atoms with Gasteiger partial charge in [0.15, 0.2) is 0 Å². The number of hydrogen-bond donors (Lipinski definition) is 3. The minimum Gasteiger partial charge on any atom is -0.328 e. The van der Waals surface area contributed by atoms with Crippen molar-refractivity contribution in [1.29, 1.82) is 0 Å². The zero-order valence-electron chi connectivity index (χ0n) is 11.5. The number of rotatable bonds is 2. The summed E-state index contributed by atoms with van der Waals surface area (Å²) < 4.78 is 31.6. The first-order valence-corrected chi connectivity index (χ1v) is 8.69. The molecule has 0 unspecified atom stereocenters. The van der Waals surface area contributed by atoms with Gasteiger partial charge in [-0.15, -0.1) is 0 Å². The molecule has 0 atom stereocenters. The normalized spacial score (nSPS) is 29.4. The molecule has 0 aromatic carbocycles. The van der Waals surface area contributed by atoms with Gasteiger partial charge < -0.3 is 5.73 Å². The maximum Gasteiger partial charge on any atom is 0.394 e. The van der Waals surface area contributed by atoms with Crippen molar-refractivity contribution in [3.05, 3.63) is 0 Å². The zero-order valence-corrected chi connectivity index (χ0v) is 12.3. The smallest absolute Gasteiger partial charge is 0.328 e. The van der Waals surface area contributed by atoms with E-state index in [-0.39, 0.29) is 0 Å². The van der Waals surface area contributed by atoms with Crippen molar-refractivity contribution in [3.63, 3.8) is 0 Å². The van der Waals surface area contributed by atoms with Crippen LogP contribution in [0.5, 0.6) is 0 Å². The average molecular weight is 293 g/mol. The molecule has 0 amide bonds. The number of hydrogen-bond acceptors (Lipinski definition) is 3. The van der Waals surface area contributed by atoms with Gasteiger partial charge >= 0.3 is 10.4 Å². The second-order valence-electron chi connectivity index (χ2n) is 5.97. The molecule has 2 aliphatic carbocycles. The Balaban J connectivity index is 0.000000312. The van der Waals surface area contributed by atoms with Crippen LogP contribution < -0.4 is 5.73 Å². The standard InChI is InChI=1S/C13H25N.H2O4S/c14-13-8-6-12(7-9-13)10-11-4-2-1-3-5-11;1-5(2,3)4/h11-13H,1-10,14H2;(H2,1,2,3,4). The summed E-state index contributed by atoms with van der Waals surface area (Å²) in [6.45, 7) is 0. The van der Waals surface area contributed by atoms with Crippen molar-refractivity contribution in [2.75, 3.05) is 0 Å². The van der Waals surface area contributed by atoms with Gasteiger partial charge in [0.1, 0.15) is 0 Å². The highest BCUT2D eigenvalue weighted by Crippen LogP contribution is 2.34. The van der Waals surface area contributed by atoms with Crippen molar-refractivity contribution in [1.82, 2.24) is 0 Å². The summed E-state index contributed by atoms with van der Waals surface area (Å²) >= 11 is 0. The van der Waals surface area contributed by atoms with E-state index in [1.807, 2.05) is 0 Å². The third kappa shape index (κ3) is 9.38. The van der Waals surface area contributed by atoms with Crippen molar-refractivity contribution in [2.45, 2.75) is 70.3 Å². The molecule has 5 nitrogen and oxygen atoms in total. The number of nitrogens with two attached hydrogens (primary N) is 1. The van der Waals surface area contributed by atoms with Gasteiger partial charge in [0.05, 0.1) is 0 Å². The summed E-state index contributed by atoms with van der Waals surface area (Å²) in [6, 6.07) is 0.526. The first kappa shape index (κ1) is 16.9. The van der Waals surface area contributed by atoms with E-state index >= 15 is 0 Å². The Morgan fingerprint density at radius 3 is 1.74 bits per heavy atom. The van der Waals surface area contributed by atoms with Crippen LogP contribution in [-0.2, 0) is 10.4 Å². The van der Waals surface area contributed by atoms with Gasteiger partial charge in [-0.25, -0.2) is 0 Å². The molecule has 2 fully saturated rings. The van der Waals surface area contributed by atoms with Crippen LogP contribution in [0.4, 0.5) is 0 Å². The highest BCUT2D eigenvalue weighted by molar-refractivity contribution is 7.79. The van der Waals surface area contributed by atoms with Crippen LogP contribution in [0.1, 0.15) is 64.2 Å². The molecule has 4 N–H and O–H groups in total. The molecule has 2 rings (SSSR count). The van der Waals surface area contributed by atoms with Crippen LogP contribution in [-0.4, -0.2) is 23.6 Å². The largest absolute Gasteiger partial charge is 0.394 e. The first-order chi connectivity index (χ1) is 8.84. The molecule has 2 aliphatic rings. The Hall–Kier alpha value is -0.170. The van der Waals surface area contributed by atoms with Crippen LogP contribution in [0, 0.1) is 11.8 Å². The lowest BCUT2D eigenvalue weighted by Gasteiger charge is -2.30. The van der Waals surface area contributed by atoms with Gasteiger partial charge in [-0.3, -0.25) is 9.11 Å². The molecule has 0 aromatic rings. The van der Waals surface area contributed by atoms with Gasteiger partial charge in [0.2, 0.25) is 0 Å². The minimum atomic E-state index is -4.67. The van der Waals surface area contributed by atoms with Crippen LogP contribution in [0.2, 0.25) is 0 Å². The molecule has 6 heteroatoms. The predicted octanol–water partition coefficient (Wildman–Crippen LogP) is 2.82. The molecule has 0 spiro atoms. The molecule has 114 valence electrons. The first-order valence-electron chi connectivity index (χ1n) is 7.30. The summed E-state index contributed by atoms with van der Waals surface area (Å²) in [7, 11) is -4.67. The summed E-state index contributed by atoms with van der Waals surface area (Å²) in [6.07, 6.45) is 14.4. The fourth-order valence-corrected chi connectivity index (χ4v) is 3.32. The minimum absolute atomic E-state index is 0.526. The van der Waals surface area contributed by atoms with E-state index in [0.29, 0.717) is 6.04 Å². The predicted molar refractivity (Wildman–Crippen MR) is 75.3 cm³/mol. The fraction of sp³-hybridized carbons (Fsp3) is 1.00. The molecule has 2 saturated carbocycles. The van der Waals surface area contributed by atoms with E-state index in [2.05, 4.69) is 0 Å². The van der Waals surface area contributed by atoms with Crippen molar-refractivity contribution in [3.8, 4) is 0 Å². The zero-order chi connectivity index (χ0) is 14.3. The summed E-state index contributed by atoms with van der Waals surface area (Å²) in [5.74, 6) is 2.10. The molecule has 0 radical (unpaired) electrons.